The first-order chi connectivity index (χ1) is 15.7. The number of nitrogens with one attached hydrogen (secondary N) is 2. The van der Waals surface area contributed by atoms with E-state index in [1.807, 2.05) is 0 Å². The molecule has 1 atom stereocenters. The molecule has 3 aromatic rings. The highest BCUT2D eigenvalue weighted by Crippen LogP contribution is 2.25. The number of hydrogen-bond acceptors (Lipinski definition) is 9. The molecule has 1 fully saturated rings. The average molecular weight is 471 g/mol. The third kappa shape index (κ3) is 4.43. The second-order valence-electron chi connectivity index (χ2n) is 7.22. The number of fused-ring (bicyclic) bond motifs is 1. The maximum absolute atomic E-state index is 13.0. The first-order valence-corrected chi connectivity index (χ1v) is 10.7. The predicted molar refractivity (Wildman–Crippen MR) is 116 cm³/mol. The fourth-order valence-corrected chi connectivity index (χ4v) is 4.41. The van der Waals surface area contributed by atoms with Crippen molar-refractivity contribution in [3.05, 3.63) is 60.8 Å². The van der Waals surface area contributed by atoms with Gasteiger partial charge >= 0.3 is 6.09 Å². The Kier molecular flexibility index (Phi) is 5.87. The van der Waals surface area contributed by atoms with Gasteiger partial charge in [0.1, 0.15) is 17.6 Å². The Morgan fingerprint density at radius 2 is 2.06 bits per heavy atom. The van der Waals surface area contributed by atoms with Crippen LogP contribution in [-0.2, 0) is 16.1 Å². The molecule has 2 N–H and O–H groups in total. The molecule has 33 heavy (non-hydrogen) atoms. The molecule has 3 heterocycles. The zero-order valence-corrected chi connectivity index (χ0v) is 18.0. The largest absolute Gasteiger partial charge is 0.412 e. The number of non-ortho nitro benzene ring substituents is 1. The van der Waals surface area contributed by atoms with Crippen molar-refractivity contribution in [3.8, 4) is 5.75 Å². The molecule has 170 valence electrons. The second kappa shape index (κ2) is 8.78. The van der Waals surface area contributed by atoms with E-state index in [1.54, 1.807) is 12.3 Å². The van der Waals surface area contributed by atoms with E-state index in [2.05, 4.69) is 15.6 Å². The molecule has 1 aromatic carbocycles. The van der Waals surface area contributed by atoms with Crippen molar-refractivity contribution in [1.82, 2.24) is 20.2 Å². The molecule has 2 aromatic heterocycles. The summed E-state index contributed by atoms with van der Waals surface area (Å²) >= 11 is 1.22. The topological polar surface area (TPSA) is 163 Å². The molecule has 0 aliphatic carbocycles. The predicted octanol–water partition coefficient (Wildman–Crippen LogP) is 1.94. The number of imide groups is 1. The van der Waals surface area contributed by atoms with E-state index in [0.717, 1.165) is 0 Å². The highest BCUT2D eigenvalue weighted by Gasteiger charge is 2.30. The van der Waals surface area contributed by atoms with Crippen LogP contribution in [0.5, 0.6) is 5.75 Å². The highest BCUT2D eigenvalue weighted by atomic mass is 32.1. The number of amides is 3. The number of nitro benzene ring substituents is 1. The smallest absolute Gasteiger partial charge is 0.410 e. The lowest BCUT2D eigenvalue weighted by molar-refractivity contribution is -0.384. The van der Waals surface area contributed by atoms with Gasteiger partial charge in [-0.15, -0.1) is 11.3 Å². The number of benzene rings is 1. The number of thiophene rings is 1. The van der Waals surface area contributed by atoms with Gasteiger partial charge in [-0.2, -0.15) is 0 Å². The third-order valence-electron chi connectivity index (χ3n) is 5.08. The Bertz CT molecular complexity index is 1350. The number of rotatable bonds is 5. The van der Waals surface area contributed by atoms with E-state index < -0.39 is 28.5 Å². The molecule has 1 saturated heterocycles. The number of carbonyl (C=O) groups excluding carboxylic acids is 3. The molecule has 0 radical (unpaired) electrons. The van der Waals surface area contributed by atoms with Crippen LogP contribution in [0, 0.1) is 17.0 Å². The van der Waals surface area contributed by atoms with Crippen molar-refractivity contribution in [3.63, 3.8) is 0 Å². The van der Waals surface area contributed by atoms with Gasteiger partial charge in [0, 0.05) is 23.9 Å². The lowest BCUT2D eigenvalue weighted by atomic mass is 10.1. The minimum absolute atomic E-state index is 0.0360. The molecule has 0 saturated carbocycles. The Hall–Kier alpha value is -4.13. The molecule has 12 nitrogen and oxygen atoms in total. The van der Waals surface area contributed by atoms with Crippen LogP contribution in [0.25, 0.3) is 10.9 Å². The maximum atomic E-state index is 13.0. The lowest BCUT2D eigenvalue weighted by Crippen LogP contribution is -2.45. The monoisotopic (exact) mass is 471 g/mol. The van der Waals surface area contributed by atoms with Gasteiger partial charge in [0.2, 0.25) is 11.8 Å². The van der Waals surface area contributed by atoms with Gasteiger partial charge in [0.15, 0.2) is 0 Å². The fraction of sp³-hybridized carbons (Fsp3) is 0.250. The second-order valence-corrected chi connectivity index (χ2v) is 8.18. The number of ether oxygens (including phenoxy) is 1. The summed E-state index contributed by atoms with van der Waals surface area (Å²) in [6.45, 7) is 1.64. The zero-order chi connectivity index (χ0) is 23.7. The van der Waals surface area contributed by atoms with Gasteiger partial charge < -0.3 is 10.1 Å². The summed E-state index contributed by atoms with van der Waals surface area (Å²) < 4.78 is 6.39. The van der Waals surface area contributed by atoms with E-state index in [1.165, 1.54) is 40.2 Å². The van der Waals surface area contributed by atoms with Gasteiger partial charge in [-0.1, -0.05) is 0 Å². The van der Waals surface area contributed by atoms with Crippen molar-refractivity contribution >= 4 is 45.8 Å². The normalized spacial score (nSPS) is 15.8. The Balaban J connectivity index is 1.49. The van der Waals surface area contributed by atoms with Gasteiger partial charge in [-0.25, -0.2) is 9.78 Å². The molecule has 3 amide bonds. The summed E-state index contributed by atoms with van der Waals surface area (Å²) in [5.41, 5.74) is -0.123. The van der Waals surface area contributed by atoms with E-state index in [0.29, 0.717) is 21.6 Å². The Labute approximate surface area is 189 Å². The van der Waals surface area contributed by atoms with Crippen molar-refractivity contribution in [2.45, 2.75) is 32.4 Å². The molecular formula is C20H17N5O7S. The Morgan fingerprint density at radius 1 is 1.33 bits per heavy atom. The summed E-state index contributed by atoms with van der Waals surface area (Å²) in [4.78, 5) is 64.0. The SMILES string of the molecule is Cc1nc2c(CNC(=O)Oc3ccc([N+](=O)[O-])cc3)scc2c(=O)n1C1CCC(=O)NC1=O. The van der Waals surface area contributed by atoms with Crippen LogP contribution in [0.15, 0.2) is 34.4 Å². The van der Waals surface area contributed by atoms with Crippen molar-refractivity contribution in [1.29, 1.82) is 0 Å². The van der Waals surface area contributed by atoms with Gasteiger partial charge in [-0.3, -0.25) is 34.4 Å². The fourth-order valence-electron chi connectivity index (χ4n) is 3.51. The molecule has 13 heteroatoms. The number of aromatic nitrogens is 2. The van der Waals surface area contributed by atoms with Crippen LogP contribution < -0.4 is 20.9 Å². The number of nitrogens with zero attached hydrogens (tertiary/aromatic N) is 3. The number of piperidine rings is 1. The number of nitro groups is 1. The summed E-state index contributed by atoms with van der Waals surface area (Å²) in [5.74, 6) is -0.463. The first kappa shape index (κ1) is 22.1. The number of aryl methyl sites for hydroxylation is 1. The molecule has 1 aliphatic rings. The summed E-state index contributed by atoms with van der Waals surface area (Å²) in [7, 11) is 0. The molecule has 4 rings (SSSR count). The first-order valence-electron chi connectivity index (χ1n) is 9.77. The van der Waals surface area contributed by atoms with Crippen molar-refractivity contribution in [2.75, 3.05) is 0 Å². The van der Waals surface area contributed by atoms with Crippen LogP contribution in [0.2, 0.25) is 0 Å². The zero-order valence-electron chi connectivity index (χ0n) is 17.2. The van der Waals surface area contributed by atoms with E-state index in [4.69, 9.17) is 4.74 Å². The summed E-state index contributed by atoms with van der Waals surface area (Å²) in [5, 5.41) is 17.4. The van der Waals surface area contributed by atoms with Crippen molar-refractivity contribution in [2.24, 2.45) is 0 Å². The van der Waals surface area contributed by atoms with E-state index >= 15 is 0 Å². The van der Waals surface area contributed by atoms with Crippen LogP contribution in [0.1, 0.15) is 29.6 Å². The molecule has 0 spiro atoms. The van der Waals surface area contributed by atoms with Gasteiger partial charge in [0.05, 0.1) is 27.2 Å². The minimum Gasteiger partial charge on any atom is -0.410 e. The maximum Gasteiger partial charge on any atom is 0.412 e. The molecule has 1 aliphatic heterocycles. The van der Waals surface area contributed by atoms with Crippen LogP contribution in [0.4, 0.5) is 10.5 Å². The molecule has 0 bridgehead atoms. The van der Waals surface area contributed by atoms with E-state index in [-0.39, 0.29) is 36.7 Å². The standard InChI is InChI=1S/C20H17N5O7S/c1-10-22-17-13(19(28)24(10)14-6-7-16(26)23-18(14)27)9-33-15(17)8-21-20(29)32-12-4-2-11(3-5-12)25(30)31/h2-5,9,14H,6-8H2,1H3,(H,21,29)(H,23,26,27). The highest BCUT2D eigenvalue weighted by molar-refractivity contribution is 7.11. The number of carbonyl (C=O) groups is 3. The minimum atomic E-state index is -0.815. The van der Waals surface area contributed by atoms with E-state index in [9.17, 15) is 29.3 Å². The average Bonchev–Trinajstić information content (AvgIpc) is 3.17. The van der Waals surface area contributed by atoms with Crippen molar-refractivity contribution < 1.29 is 24.0 Å². The number of hydrogen-bond donors (Lipinski definition) is 2. The quantitative estimate of drug-likeness (QED) is 0.324. The lowest BCUT2D eigenvalue weighted by Gasteiger charge is -2.24. The summed E-state index contributed by atoms with van der Waals surface area (Å²) in [6, 6.07) is 4.23. The Morgan fingerprint density at radius 3 is 2.73 bits per heavy atom. The van der Waals surface area contributed by atoms with Gasteiger partial charge in [0.25, 0.3) is 11.2 Å². The summed E-state index contributed by atoms with van der Waals surface area (Å²) in [6.07, 6.45) is -0.430. The molecule has 1 unspecified atom stereocenters. The van der Waals surface area contributed by atoms with Crippen LogP contribution in [-0.4, -0.2) is 32.4 Å². The molecular weight excluding hydrogens is 454 g/mol. The third-order valence-corrected chi connectivity index (χ3v) is 6.06. The van der Waals surface area contributed by atoms with Crippen LogP contribution in [0.3, 0.4) is 0 Å². The van der Waals surface area contributed by atoms with Gasteiger partial charge in [-0.05, 0) is 25.5 Å². The van der Waals surface area contributed by atoms with Crippen LogP contribution >= 0.6 is 11.3 Å².